The van der Waals surface area contributed by atoms with Gasteiger partial charge in [0.1, 0.15) is 18.2 Å². The van der Waals surface area contributed by atoms with Crippen LogP contribution < -0.4 is 4.74 Å². The molecule has 106 valence electrons. The first kappa shape index (κ1) is 14.1. The van der Waals surface area contributed by atoms with Gasteiger partial charge in [0, 0.05) is 18.4 Å². The molecule has 20 heavy (non-hydrogen) atoms. The number of benzene rings is 1. The lowest BCUT2D eigenvalue weighted by atomic mass is 10.2. The first-order chi connectivity index (χ1) is 9.60. The van der Waals surface area contributed by atoms with Crippen LogP contribution in [0, 0.1) is 6.92 Å². The second-order valence-electron chi connectivity index (χ2n) is 4.58. The second kappa shape index (κ2) is 6.23. The normalized spacial score (nSPS) is 10.5. The number of carboxylic acids is 1. The van der Waals surface area contributed by atoms with E-state index in [4.69, 9.17) is 9.84 Å². The van der Waals surface area contributed by atoms with Crippen molar-refractivity contribution in [3.63, 3.8) is 0 Å². The Balaban J connectivity index is 2.07. The molecule has 0 fully saturated rings. The van der Waals surface area contributed by atoms with Crippen molar-refractivity contribution in [2.75, 3.05) is 0 Å². The van der Waals surface area contributed by atoms with Crippen molar-refractivity contribution in [1.82, 2.24) is 9.55 Å². The van der Waals surface area contributed by atoms with E-state index in [9.17, 15) is 4.79 Å². The fourth-order valence-electron chi connectivity index (χ4n) is 2.03. The molecule has 0 amide bonds. The first-order valence-electron chi connectivity index (χ1n) is 6.54. The van der Waals surface area contributed by atoms with Gasteiger partial charge in [-0.3, -0.25) is 4.79 Å². The van der Waals surface area contributed by atoms with E-state index in [0.29, 0.717) is 18.8 Å². The standard InChI is InChI=1S/C15H18N2O3/c1-3-17-12(8-15(18)19)9-16-14(17)10-20-13-6-4-11(2)5-7-13/h4-7,9H,3,8,10H2,1-2H3,(H,18,19). The molecule has 0 aliphatic rings. The molecule has 0 radical (unpaired) electrons. The second-order valence-corrected chi connectivity index (χ2v) is 4.58. The average Bonchev–Trinajstić information content (AvgIpc) is 2.79. The summed E-state index contributed by atoms with van der Waals surface area (Å²) in [6.07, 6.45) is 1.58. The lowest BCUT2D eigenvalue weighted by molar-refractivity contribution is -0.136. The van der Waals surface area contributed by atoms with Crippen LogP contribution >= 0.6 is 0 Å². The van der Waals surface area contributed by atoms with E-state index in [1.54, 1.807) is 6.20 Å². The molecule has 0 bridgehead atoms. The van der Waals surface area contributed by atoms with Crippen molar-refractivity contribution in [2.45, 2.75) is 33.4 Å². The molecule has 0 atom stereocenters. The molecular weight excluding hydrogens is 256 g/mol. The Kier molecular flexibility index (Phi) is 4.40. The number of hydrogen-bond acceptors (Lipinski definition) is 3. The van der Waals surface area contributed by atoms with E-state index >= 15 is 0 Å². The van der Waals surface area contributed by atoms with E-state index in [0.717, 1.165) is 11.6 Å². The van der Waals surface area contributed by atoms with Crippen molar-refractivity contribution >= 4 is 5.97 Å². The van der Waals surface area contributed by atoms with Crippen LogP contribution in [-0.2, 0) is 24.4 Å². The summed E-state index contributed by atoms with van der Waals surface area (Å²) < 4.78 is 7.55. The third-order valence-electron chi connectivity index (χ3n) is 3.06. The predicted octanol–water partition coefficient (Wildman–Crippen LogP) is 2.42. The van der Waals surface area contributed by atoms with Crippen molar-refractivity contribution in [1.29, 1.82) is 0 Å². The number of rotatable bonds is 6. The van der Waals surface area contributed by atoms with Crippen LogP contribution in [0.4, 0.5) is 0 Å². The van der Waals surface area contributed by atoms with Crippen LogP contribution in [0.3, 0.4) is 0 Å². The molecule has 0 unspecified atom stereocenters. The Labute approximate surface area is 117 Å². The summed E-state index contributed by atoms with van der Waals surface area (Å²) in [5, 5.41) is 8.86. The van der Waals surface area contributed by atoms with E-state index in [1.165, 1.54) is 5.56 Å². The third kappa shape index (κ3) is 3.38. The van der Waals surface area contributed by atoms with E-state index in [1.807, 2.05) is 42.7 Å². The topological polar surface area (TPSA) is 64.4 Å². The number of carbonyl (C=O) groups is 1. The molecule has 0 spiro atoms. The summed E-state index contributed by atoms with van der Waals surface area (Å²) in [4.78, 5) is 15.0. The molecule has 5 nitrogen and oxygen atoms in total. The third-order valence-corrected chi connectivity index (χ3v) is 3.06. The molecule has 2 rings (SSSR count). The molecule has 1 N–H and O–H groups in total. The van der Waals surface area contributed by atoms with Gasteiger partial charge in [0.15, 0.2) is 0 Å². The monoisotopic (exact) mass is 274 g/mol. The summed E-state index contributed by atoms with van der Waals surface area (Å²) in [5.74, 6) is 0.663. The lowest BCUT2D eigenvalue weighted by Crippen LogP contribution is -2.11. The Bertz CT molecular complexity index is 588. The van der Waals surface area contributed by atoms with Crippen molar-refractivity contribution < 1.29 is 14.6 Å². The Morgan fingerprint density at radius 3 is 2.65 bits per heavy atom. The molecule has 1 aromatic carbocycles. The number of aliphatic carboxylic acids is 1. The van der Waals surface area contributed by atoms with Gasteiger partial charge in [-0.15, -0.1) is 0 Å². The SMILES string of the molecule is CCn1c(CC(=O)O)cnc1COc1ccc(C)cc1. The van der Waals surface area contributed by atoms with Gasteiger partial charge in [-0.05, 0) is 26.0 Å². The quantitative estimate of drug-likeness (QED) is 0.878. The summed E-state index contributed by atoms with van der Waals surface area (Å²) >= 11 is 0. The zero-order valence-corrected chi connectivity index (χ0v) is 11.7. The number of hydrogen-bond donors (Lipinski definition) is 1. The molecule has 5 heteroatoms. The Hall–Kier alpha value is -2.30. The van der Waals surface area contributed by atoms with Gasteiger partial charge in [0.25, 0.3) is 0 Å². The van der Waals surface area contributed by atoms with Gasteiger partial charge < -0.3 is 14.4 Å². The summed E-state index contributed by atoms with van der Waals surface area (Å²) in [6, 6.07) is 7.79. The maximum atomic E-state index is 10.8. The van der Waals surface area contributed by atoms with Gasteiger partial charge in [0.05, 0.1) is 6.42 Å². The molecule has 1 heterocycles. The number of aryl methyl sites for hydroxylation is 1. The maximum absolute atomic E-state index is 10.8. The van der Waals surface area contributed by atoms with Gasteiger partial charge in [-0.2, -0.15) is 0 Å². The van der Waals surface area contributed by atoms with Gasteiger partial charge >= 0.3 is 5.97 Å². The smallest absolute Gasteiger partial charge is 0.309 e. The number of aromatic nitrogens is 2. The van der Waals surface area contributed by atoms with Gasteiger partial charge in [0.2, 0.25) is 0 Å². The fraction of sp³-hybridized carbons (Fsp3) is 0.333. The summed E-state index contributed by atoms with van der Waals surface area (Å²) in [7, 11) is 0. The minimum atomic E-state index is -0.856. The minimum absolute atomic E-state index is 0.0224. The van der Waals surface area contributed by atoms with E-state index < -0.39 is 5.97 Å². The zero-order chi connectivity index (χ0) is 14.5. The van der Waals surface area contributed by atoms with Crippen LogP contribution in [0.25, 0.3) is 0 Å². The number of ether oxygens (including phenoxy) is 1. The molecule has 0 aliphatic carbocycles. The minimum Gasteiger partial charge on any atom is -0.486 e. The summed E-state index contributed by atoms with van der Waals surface area (Å²) in [6.45, 7) is 4.99. The highest BCUT2D eigenvalue weighted by atomic mass is 16.5. The molecule has 0 saturated carbocycles. The zero-order valence-electron chi connectivity index (χ0n) is 11.7. The molecule has 2 aromatic rings. The predicted molar refractivity (Wildman–Crippen MR) is 74.8 cm³/mol. The van der Waals surface area contributed by atoms with E-state index in [2.05, 4.69) is 4.98 Å². The van der Waals surface area contributed by atoms with Crippen LogP contribution in [0.1, 0.15) is 24.0 Å². The van der Waals surface area contributed by atoms with Crippen LogP contribution in [-0.4, -0.2) is 20.6 Å². The lowest BCUT2D eigenvalue weighted by Gasteiger charge is -2.10. The van der Waals surface area contributed by atoms with Crippen molar-refractivity contribution in [3.8, 4) is 5.75 Å². The Morgan fingerprint density at radius 1 is 1.35 bits per heavy atom. The van der Waals surface area contributed by atoms with E-state index in [-0.39, 0.29) is 6.42 Å². The highest BCUT2D eigenvalue weighted by Crippen LogP contribution is 2.14. The number of carboxylic acid groups (broad SMARTS) is 1. The van der Waals surface area contributed by atoms with Crippen molar-refractivity contribution in [2.24, 2.45) is 0 Å². The Morgan fingerprint density at radius 2 is 2.05 bits per heavy atom. The highest BCUT2D eigenvalue weighted by Gasteiger charge is 2.11. The van der Waals surface area contributed by atoms with Crippen LogP contribution in [0.2, 0.25) is 0 Å². The first-order valence-corrected chi connectivity index (χ1v) is 6.54. The van der Waals surface area contributed by atoms with Crippen LogP contribution in [0.5, 0.6) is 5.75 Å². The number of nitrogens with zero attached hydrogens (tertiary/aromatic N) is 2. The maximum Gasteiger partial charge on any atom is 0.309 e. The molecule has 1 aromatic heterocycles. The van der Waals surface area contributed by atoms with Crippen molar-refractivity contribution in [3.05, 3.63) is 47.5 Å². The van der Waals surface area contributed by atoms with Crippen LogP contribution in [0.15, 0.2) is 30.5 Å². The highest BCUT2D eigenvalue weighted by molar-refractivity contribution is 5.69. The largest absolute Gasteiger partial charge is 0.486 e. The fourth-order valence-corrected chi connectivity index (χ4v) is 2.03. The number of imidazole rings is 1. The molecule has 0 aliphatic heterocycles. The molecule has 0 saturated heterocycles. The van der Waals surface area contributed by atoms with Gasteiger partial charge in [-0.1, -0.05) is 17.7 Å². The summed E-state index contributed by atoms with van der Waals surface area (Å²) in [5.41, 5.74) is 1.87. The van der Waals surface area contributed by atoms with Gasteiger partial charge in [-0.25, -0.2) is 4.98 Å². The molecular formula is C15H18N2O3. The average molecular weight is 274 g/mol.